The first kappa shape index (κ1) is 23.2. The lowest BCUT2D eigenvalue weighted by Crippen LogP contribution is -2.45. The summed E-state index contributed by atoms with van der Waals surface area (Å²) in [4.78, 5) is 20.3. The second kappa shape index (κ2) is 11.8. The molecule has 1 aliphatic rings. The van der Waals surface area contributed by atoms with Crippen molar-refractivity contribution in [2.24, 2.45) is 0 Å². The van der Waals surface area contributed by atoms with Gasteiger partial charge in [0.05, 0.1) is 6.10 Å². The maximum atomic E-state index is 12.5. The zero-order valence-electron chi connectivity index (χ0n) is 16.7. The molecule has 10 heteroatoms. The highest BCUT2D eigenvalue weighted by Gasteiger charge is 2.31. The van der Waals surface area contributed by atoms with Crippen molar-refractivity contribution in [3.63, 3.8) is 0 Å². The standard InChI is InChI=1S/C19H28N4O5S/c1-2-3-15-28-17-8-13-22(14-9-17)29(26,27)16-19(24)23(25)12-5-4-7-18-20-10-6-11-21-18/h6,10-11,17,25H,4-5,7-9,12-16H2,1H3. The number of piperidine rings is 1. The number of hydroxylamine groups is 2. The van der Waals surface area contributed by atoms with Gasteiger partial charge in [0.15, 0.2) is 0 Å². The van der Waals surface area contributed by atoms with Crippen LogP contribution < -0.4 is 0 Å². The van der Waals surface area contributed by atoms with Crippen molar-refractivity contribution in [3.8, 4) is 11.8 Å². The van der Waals surface area contributed by atoms with Crippen LogP contribution in [0.15, 0.2) is 18.5 Å². The second-order valence-corrected chi connectivity index (χ2v) is 8.70. The van der Waals surface area contributed by atoms with Crippen LogP contribution in [-0.4, -0.2) is 77.0 Å². The van der Waals surface area contributed by atoms with E-state index in [-0.39, 0.29) is 12.6 Å². The number of carbonyl (C=O) groups is 1. The minimum Gasteiger partial charge on any atom is -0.365 e. The summed E-state index contributed by atoms with van der Waals surface area (Å²) in [6.45, 7) is 2.72. The van der Waals surface area contributed by atoms with Crippen molar-refractivity contribution in [1.29, 1.82) is 0 Å². The van der Waals surface area contributed by atoms with Crippen LogP contribution in [0.5, 0.6) is 0 Å². The summed E-state index contributed by atoms with van der Waals surface area (Å²) in [5, 5.41) is 10.4. The number of sulfonamides is 1. The molecule has 29 heavy (non-hydrogen) atoms. The van der Waals surface area contributed by atoms with Gasteiger partial charge >= 0.3 is 0 Å². The van der Waals surface area contributed by atoms with Gasteiger partial charge in [-0.3, -0.25) is 10.0 Å². The predicted octanol–water partition coefficient (Wildman–Crippen LogP) is 0.851. The van der Waals surface area contributed by atoms with Gasteiger partial charge in [-0.25, -0.2) is 27.8 Å². The topological polar surface area (TPSA) is 113 Å². The van der Waals surface area contributed by atoms with E-state index < -0.39 is 21.7 Å². The Bertz CT molecular complexity index is 799. The van der Waals surface area contributed by atoms with Gasteiger partial charge in [-0.2, -0.15) is 0 Å². The zero-order chi connectivity index (χ0) is 21.1. The molecule has 0 unspecified atom stereocenters. The molecule has 0 spiro atoms. The van der Waals surface area contributed by atoms with E-state index in [1.165, 1.54) is 4.31 Å². The highest BCUT2D eigenvalue weighted by atomic mass is 32.2. The number of aromatic nitrogens is 2. The van der Waals surface area contributed by atoms with Crippen LogP contribution in [0.4, 0.5) is 0 Å². The van der Waals surface area contributed by atoms with Gasteiger partial charge in [-0.1, -0.05) is 5.92 Å². The Balaban J connectivity index is 1.70. The van der Waals surface area contributed by atoms with Crippen molar-refractivity contribution < 1.29 is 23.2 Å². The maximum absolute atomic E-state index is 12.5. The third kappa shape index (κ3) is 8.06. The van der Waals surface area contributed by atoms with Gasteiger partial charge in [-0.05, 0) is 38.7 Å². The van der Waals surface area contributed by atoms with Gasteiger partial charge in [0.1, 0.15) is 18.2 Å². The number of rotatable bonds is 10. The van der Waals surface area contributed by atoms with Crippen molar-refractivity contribution in [1.82, 2.24) is 19.3 Å². The van der Waals surface area contributed by atoms with E-state index in [9.17, 15) is 18.4 Å². The summed E-state index contributed by atoms with van der Waals surface area (Å²) < 4.78 is 31.8. The molecule has 1 aliphatic heterocycles. The number of nitrogens with zero attached hydrogens (tertiary/aromatic N) is 4. The molecule has 0 aromatic carbocycles. The number of amides is 1. The number of hydrogen-bond acceptors (Lipinski definition) is 7. The molecule has 2 rings (SSSR count). The summed E-state index contributed by atoms with van der Waals surface area (Å²) >= 11 is 0. The Morgan fingerprint density at radius 3 is 2.66 bits per heavy atom. The van der Waals surface area contributed by atoms with Crippen LogP contribution in [0.3, 0.4) is 0 Å². The van der Waals surface area contributed by atoms with E-state index in [1.807, 2.05) is 0 Å². The predicted molar refractivity (Wildman–Crippen MR) is 106 cm³/mol. The van der Waals surface area contributed by atoms with E-state index in [2.05, 4.69) is 21.8 Å². The maximum Gasteiger partial charge on any atom is 0.262 e. The van der Waals surface area contributed by atoms with E-state index in [4.69, 9.17) is 4.74 Å². The quantitative estimate of drug-likeness (QED) is 0.256. The number of aryl methyl sites for hydroxylation is 1. The fraction of sp³-hybridized carbons (Fsp3) is 0.632. The smallest absolute Gasteiger partial charge is 0.262 e. The van der Waals surface area contributed by atoms with Crippen LogP contribution >= 0.6 is 0 Å². The summed E-state index contributed by atoms with van der Waals surface area (Å²) in [7, 11) is -3.77. The van der Waals surface area contributed by atoms with Crippen LogP contribution in [0.2, 0.25) is 0 Å². The third-order valence-corrected chi connectivity index (χ3v) is 6.36. The number of ether oxygens (including phenoxy) is 1. The first-order valence-corrected chi connectivity index (χ1v) is 11.3. The molecule has 0 saturated carbocycles. The molecule has 160 valence electrons. The van der Waals surface area contributed by atoms with E-state index in [0.29, 0.717) is 62.7 Å². The Labute approximate surface area is 172 Å². The molecule has 0 atom stereocenters. The zero-order valence-corrected chi connectivity index (χ0v) is 17.5. The van der Waals surface area contributed by atoms with Gasteiger partial charge in [0, 0.05) is 38.4 Å². The van der Waals surface area contributed by atoms with E-state index in [0.717, 1.165) is 0 Å². The van der Waals surface area contributed by atoms with E-state index in [1.54, 1.807) is 25.4 Å². The monoisotopic (exact) mass is 424 g/mol. The van der Waals surface area contributed by atoms with Crippen molar-refractivity contribution >= 4 is 15.9 Å². The molecule has 9 nitrogen and oxygen atoms in total. The third-order valence-electron chi connectivity index (χ3n) is 4.60. The Hall–Kier alpha value is -2.06. The Kier molecular flexibility index (Phi) is 9.47. The molecule has 0 radical (unpaired) electrons. The molecule has 2 heterocycles. The van der Waals surface area contributed by atoms with Gasteiger partial charge in [0.25, 0.3) is 5.91 Å². The number of unbranched alkanes of at least 4 members (excludes halogenated alkanes) is 1. The molecule has 1 amide bonds. The normalized spacial score (nSPS) is 15.5. The Morgan fingerprint density at radius 1 is 1.31 bits per heavy atom. The summed E-state index contributed by atoms with van der Waals surface area (Å²) in [5.41, 5.74) is 0. The van der Waals surface area contributed by atoms with Gasteiger partial charge in [0.2, 0.25) is 10.0 Å². The molecule has 1 aromatic rings. The Morgan fingerprint density at radius 2 is 2.00 bits per heavy atom. The first-order valence-electron chi connectivity index (χ1n) is 9.66. The fourth-order valence-corrected chi connectivity index (χ4v) is 4.37. The molecule has 1 saturated heterocycles. The first-order chi connectivity index (χ1) is 13.9. The largest absolute Gasteiger partial charge is 0.365 e. The highest BCUT2D eigenvalue weighted by Crippen LogP contribution is 2.17. The lowest BCUT2D eigenvalue weighted by Gasteiger charge is -2.30. The molecular formula is C19H28N4O5S. The minimum absolute atomic E-state index is 0.0269. The molecule has 0 bridgehead atoms. The molecular weight excluding hydrogens is 396 g/mol. The summed E-state index contributed by atoms with van der Waals surface area (Å²) in [5.74, 6) is 4.70. The SMILES string of the molecule is CC#CCOC1CCN(S(=O)(=O)CC(=O)N(O)CCCCc2ncccn2)CC1. The lowest BCUT2D eigenvalue weighted by molar-refractivity contribution is -0.162. The van der Waals surface area contributed by atoms with Crippen LogP contribution in [0.1, 0.15) is 38.4 Å². The van der Waals surface area contributed by atoms with E-state index >= 15 is 0 Å². The van der Waals surface area contributed by atoms with Crippen molar-refractivity contribution in [2.45, 2.75) is 45.1 Å². The van der Waals surface area contributed by atoms with Gasteiger partial charge in [-0.15, -0.1) is 5.92 Å². The van der Waals surface area contributed by atoms with Crippen molar-refractivity contribution in [3.05, 3.63) is 24.3 Å². The number of hydrogen-bond donors (Lipinski definition) is 1. The molecule has 1 N–H and O–H groups in total. The lowest BCUT2D eigenvalue weighted by atomic mass is 10.1. The average Bonchev–Trinajstić information content (AvgIpc) is 2.72. The molecule has 1 aromatic heterocycles. The molecule has 0 aliphatic carbocycles. The highest BCUT2D eigenvalue weighted by molar-refractivity contribution is 7.89. The van der Waals surface area contributed by atoms with Crippen LogP contribution in [0, 0.1) is 11.8 Å². The fourth-order valence-electron chi connectivity index (χ4n) is 2.96. The summed E-state index contributed by atoms with van der Waals surface area (Å²) in [6.07, 6.45) is 6.23. The number of carbonyl (C=O) groups excluding carboxylic acids is 1. The molecule has 1 fully saturated rings. The van der Waals surface area contributed by atoms with Crippen molar-refractivity contribution in [2.75, 3.05) is 32.0 Å². The van der Waals surface area contributed by atoms with Gasteiger partial charge < -0.3 is 4.74 Å². The second-order valence-electron chi connectivity index (χ2n) is 6.73. The summed E-state index contributed by atoms with van der Waals surface area (Å²) in [6, 6.07) is 1.73. The average molecular weight is 425 g/mol. The minimum atomic E-state index is -3.77. The van der Waals surface area contributed by atoms with Crippen LogP contribution in [-0.2, 0) is 26.0 Å². The van der Waals surface area contributed by atoms with Crippen LogP contribution in [0.25, 0.3) is 0 Å².